The van der Waals surface area contributed by atoms with Gasteiger partial charge in [0.05, 0.1) is 4.92 Å². The van der Waals surface area contributed by atoms with Crippen LogP contribution in [0.3, 0.4) is 0 Å². The summed E-state index contributed by atoms with van der Waals surface area (Å²) >= 11 is 1.28. The Morgan fingerprint density at radius 2 is 1.15 bits per heavy atom. The Labute approximate surface area is 239 Å². The van der Waals surface area contributed by atoms with E-state index >= 15 is 0 Å². The highest BCUT2D eigenvalue weighted by molar-refractivity contribution is 7.94. The SMILES string of the molecule is O=[N+]([O-])c1ccc(SOC(CC2CC2(c2ccccc2)c2ccccc2)(c2ccccc2)c2ccccc2)cc1. The third-order valence-electron chi connectivity index (χ3n) is 8.02. The van der Waals surface area contributed by atoms with Crippen LogP contribution in [-0.2, 0) is 15.2 Å². The van der Waals surface area contributed by atoms with Crippen molar-refractivity contribution in [3.63, 3.8) is 0 Å². The average Bonchev–Trinajstić information content (AvgIpc) is 3.76. The molecule has 0 amide bonds. The van der Waals surface area contributed by atoms with Gasteiger partial charge in [-0.2, -0.15) is 0 Å². The summed E-state index contributed by atoms with van der Waals surface area (Å²) in [7, 11) is 0. The summed E-state index contributed by atoms with van der Waals surface area (Å²) in [5.41, 5.74) is 4.03. The van der Waals surface area contributed by atoms with Crippen LogP contribution in [0.1, 0.15) is 35.1 Å². The molecule has 0 aromatic heterocycles. The third-order valence-corrected chi connectivity index (χ3v) is 8.86. The normalized spacial score (nSPS) is 15.8. The van der Waals surface area contributed by atoms with Gasteiger partial charge in [0.2, 0.25) is 0 Å². The van der Waals surface area contributed by atoms with Gasteiger partial charge in [-0.1, -0.05) is 121 Å². The number of rotatable bonds is 10. The van der Waals surface area contributed by atoms with E-state index in [4.69, 9.17) is 4.18 Å². The van der Waals surface area contributed by atoms with Crippen LogP contribution in [0.5, 0.6) is 0 Å². The number of nitro benzene ring substituents is 1. The minimum Gasteiger partial charge on any atom is -0.294 e. The Bertz CT molecular complexity index is 1480. The van der Waals surface area contributed by atoms with E-state index in [1.165, 1.54) is 35.3 Å². The van der Waals surface area contributed by atoms with Gasteiger partial charge in [0.15, 0.2) is 0 Å². The first-order valence-electron chi connectivity index (χ1n) is 13.4. The van der Waals surface area contributed by atoms with Gasteiger partial charge in [-0.3, -0.25) is 14.3 Å². The van der Waals surface area contributed by atoms with E-state index in [1.807, 2.05) is 12.1 Å². The van der Waals surface area contributed by atoms with E-state index in [9.17, 15) is 10.1 Å². The first kappa shape index (κ1) is 26.1. The lowest BCUT2D eigenvalue weighted by atomic mass is 9.78. The van der Waals surface area contributed by atoms with Crippen LogP contribution in [0, 0.1) is 16.0 Å². The molecule has 6 rings (SSSR count). The zero-order chi connectivity index (χ0) is 27.4. The summed E-state index contributed by atoms with van der Waals surface area (Å²) in [6, 6.07) is 49.0. The van der Waals surface area contributed by atoms with Crippen molar-refractivity contribution < 1.29 is 9.11 Å². The van der Waals surface area contributed by atoms with E-state index in [-0.39, 0.29) is 16.0 Å². The predicted molar refractivity (Wildman–Crippen MR) is 160 cm³/mol. The highest BCUT2D eigenvalue weighted by Crippen LogP contribution is 2.63. The molecule has 1 atom stereocenters. The maximum atomic E-state index is 11.2. The second-order valence-electron chi connectivity index (χ2n) is 10.3. The lowest BCUT2D eigenvalue weighted by Crippen LogP contribution is -2.31. The highest BCUT2D eigenvalue weighted by atomic mass is 32.2. The van der Waals surface area contributed by atoms with Gasteiger partial charge in [-0.05, 0) is 53.1 Å². The van der Waals surface area contributed by atoms with Gasteiger partial charge < -0.3 is 0 Å². The predicted octanol–water partition coefficient (Wildman–Crippen LogP) is 8.96. The van der Waals surface area contributed by atoms with Crippen LogP contribution < -0.4 is 0 Å². The topological polar surface area (TPSA) is 52.4 Å². The maximum absolute atomic E-state index is 11.2. The van der Waals surface area contributed by atoms with Gasteiger partial charge in [-0.25, -0.2) is 0 Å². The van der Waals surface area contributed by atoms with E-state index in [0.29, 0.717) is 5.92 Å². The van der Waals surface area contributed by atoms with Crippen LogP contribution in [0.15, 0.2) is 150 Å². The smallest absolute Gasteiger partial charge is 0.269 e. The number of hydrogen-bond donors (Lipinski definition) is 0. The molecule has 0 heterocycles. The molecule has 5 aromatic carbocycles. The molecule has 5 heteroatoms. The molecule has 40 heavy (non-hydrogen) atoms. The Balaban J connectivity index is 1.43. The van der Waals surface area contributed by atoms with Gasteiger partial charge in [0.25, 0.3) is 5.69 Å². The second-order valence-corrected chi connectivity index (χ2v) is 11.1. The van der Waals surface area contributed by atoms with Gasteiger partial charge >= 0.3 is 0 Å². The lowest BCUT2D eigenvalue weighted by molar-refractivity contribution is -0.384. The third kappa shape index (κ3) is 4.94. The highest BCUT2D eigenvalue weighted by Gasteiger charge is 2.59. The van der Waals surface area contributed by atoms with Crippen LogP contribution >= 0.6 is 12.0 Å². The molecule has 1 saturated carbocycles. The van der Waals surface area contributed by atoms with E-state index in [0.717, 1.165) is 28.9 Å². The molecule has 5 aromatic rings. The Morgan fingerprint density at radius 3 is 1.60 bits per heavy atom. The number of non-ortho nitro benzene ring substituents is 1. The second kappa shape index (κ2) is 11.1. The summed E-state index contributed by atoms with van der Waals surface area (Å²) < 4.78 is 6.95. The molecule has 1 fully saturated rings. The fraction of sp³-hybridized carbons (Fsp3) is 0.143. The van der Waals surface area contributed by atoms with Gasteiger partial charge in [0, 0.05) is 34.5 Å². The van der Waals surface area contributed by atoms with Crippen LogP contribution in [0.25, 0.3) is 0 Å². The van der Waals surface area contributed by atoms with Crippen molar-refractivity contribution in [3.8, 4) is 0 Å². The van der Waals surface area contributed by atoms with Gasteiger partial charge in [0.1, 0.15) is 5.60 Å². The molecule has 0 radical (unpaired) electrons. The van der Waals surface area contributed by atoms with E-state index in [1.54, 1.807) is 12.1 Å². The van der Waals surface area contributed by atoms with Crippen molar-refractivity contribution in [2.75, 3.05) is 0 Å². The first-order valence-corrected chi connectivity index (χ1v) is 14.2. The fourth-order valence-corrected chi connectivity index (χ4v) is 6.70. The van der Waals surface area contributed by atoms with Crippen molar-refractivity contribution >= 4 is 17.7 Å². The van der Waals surface area contributed by atoms with Crippen molar-refractivity contribution in [1.29, 1.82) is 0 Å². The van der Waals surface area contributed by atoms with Crippen LogP contribution in [0.2, 0.25) is 0 Å². The number of hydrogen-bond acceptors (Lipinski definition) is 4. The molecule has 1 aliphatic rings. The lowest BCUT2D eigenvalue weighted by Gasteiger charge is -2.35. The minimum absolute atomic E-state index is 0.0650. The largest absolute Gasteiger partial charge is 0.294 e. The molecular formula is C35H29NO3S. The molecule has 0 saturated heterocycles. The van der Waals surface area contributed by atoms with Crippen molar-refractivity contribution in [3.05, 3.63) is 178 Å². The molecule has 1 aliphatic carbocycles. The van der Waals surface area contributed by atoms with Crippen LogP contribution in [-0.4, -0.2) is 4.92 Å². The molecule has 4 nitrogen and oxygen atoms in total. The van der Waals surface area contributed by atoms with Crippen molar-refractivity contribution in [2.45, 2.75) is 28.8 Å². The Kier molecular flexibility index (Phi) is 7.25. The molecule has 0 spiro atoms. The summed E-state index contributed by atoms with van der Waals surface area (Å²) in [6.45, 7) is 0. The van der Waals surface area contributed by atoms with Crippen molar-refractivity contribution in [2.24, 2.45) is 5.92 Å². The summed E-state index contributed by atoms with van der Waals surface area (Å²) in [4.78, 5) is 11.6. The van der Waals surface area contributed by atoms with Gasteiger partial charge in [-0.15, -0.1) is 0 Å². The zero-order valence-corrected chi connectivity index (χ0v) is 22.7. The molecule has 0 N–H and O–H groups in total. The summed E-state index contributed by atoms with van der Waals surface area (Å²) in [5.74, 6) is 0.329. The van der Waals surface area contributed by atoms with E-state index in [2.05, 4.69) is 109 Å². The zero-order valence-electron chi connectivity index (χ0n) is 21.9. The van der Waals surface area contributed by atoms with E-state index < -0.39 is 5.60 Å². The Hall–Kier alpha value is -4.19. The number of nitrogens with zero attached hydrogens (tertiary/aromatic N) is 1. The molecule has 0 bridgehead atoms. The first-order chi connectivity index (χ1) is 19.6. The monoisotopic (exact) mass is 543 g/mol. The molecule has 0 aliphatic heterocycles. The maximum Gasteiger partial charge on any atom is 0.269 e. The average molecular weight is 544 g/mol. The molecule has 1 unspecified atom stereocenters. The fourth-order valence-electron chi connectivity index (χ4n) is 5.96. The summed E-state index contributed by atoms with van der Waals surface area (Å²) in [5, 5.41) is 11.2. The number of nitro groups is 1. The standard InChI is InChI=1S/C35H29NO3S/c37-36(38)32-21-23-33(24-22-32)40-39-35(29-17-9-3-10-18-29,30-19-11-4-12-20-30)26-31-25-34(31,27-13-5-1-6-14-27)28-15-7-2-8-16-28/h1-24,31H,25-26H2. The molecule has 198 valence electrons. The minimum atomic E-state index is -0.745. The van der Waals surface area contributed by atoms with Crippen molar-refractivity contribution in [1.82, 2.24) is 0 Å². The summed E-state index contributed by atoms with van der Waals surface area (Å²) in [6.07, 6.45) is 1.79. The van der Waals surface area contributed by atoms with Crippen LogP contribution in [0.4, 0.5) is 5.69 Å². The Morgan fingerprint density at radius 1 is 0.700 bits per heavy atom. The molecular weight excluding hydrogens is 514 g/mol. The number of benzene rings is 5. The quantitative estimate of drug-likeness (QED) is 0.100.